The number of carbonyl (C=O) groups excluding carboxylic acids is 2. The van der Waals surface area contributed by atoms with Crippen molar-refractivity contribution < 1.29 is 14.3 Å². The quantitative estimate of drug-likeness (QED) is 0.597. The molecule has 0 bridgehead atoms. The molecule has 1 heterocycles. The summed E-state index contributed by atoms with van der Waals surface area (Å²) < 4.78 is 5.29. The number of para-hydroxylation sites is 1. The first-order valence-corrected chi connectivity index (χ1v) is 8.89. The number of fused-ring (bicyclic) bond motifs is 1. The lowest BCUT2D eigenvalue weighted by Crippen LogP contribution is -2.43. The summed E-state index contributed by atoms with van der Waals surface area (Å²) >= 11 is 6.05. The Labute approximate surface area is 158 Å². The molecule has 5 heteroatoms. The third-order valence-electron chi connectivity index (χ3n) is 4.39. The molecule has 0 fully saturated rings. The zero-order valence-corrected chi connectivity index (χ0v) is 15.4. The highest BCUT2D eigenvalue weighted by atomic mass is 35.5. The van der Waals surface area contributed by atoms with Gasteiger partial charge in [-0.15, -0.1) is 0 Å². The first-order chi connectivity index (χ1) is 12.5. The van der Waals surface area contributed by atoms with E-state index in [0.717, 1.165) is 17.7 Å². The van der Waals surface area contributed by atoms with Crippen LogP contribution in [0.3, 0.4) is 0 Å². The minimum Gasteiger partial charge on any atom is -0.449 e. The number of ether oxygens (including phenoxy) is 1. The molecule has 0 aliphatic carbocycles. The van der Waals surface area contributed by atoms with Gasteiger partial charge in [0.1, 0.15) is 0 Å². The van der Waals surface area contributed by atoms with E-state index in [4.69, 9.17) is 16.3 Å². The lowest BCUT2D eigenvalue weighted by Gasteiger charge is -2.25. The Bertz CT molecular complexity index is 862. The number of esters is 1. The van der Waals surface area contributed by atoms with Gasteiger partial charge in [-0.1, -0.05) is 48.0 Å². The highest BCUT2D eigenvalue weighted by Crippen LogP contribution is 2.32. The van der Waals surface area contributed by atoms with Gasteiger partial charge in [0.15, 0.2) is 6.10 Å². The third-order valence-corrected chi connectivity index (χ3v) is 4.73. The van der Waals surface area contributed by atoms with E-state index in [2.05, 4.69) is 0 Å². The first-order valence-electron chi connectivity index (χ1n) is 8.51. The van der Waals surface area contributed by atoms with Crippen molar-refractivity contribution in [3.05, 3.63) is 70.8 Å². The fourth-order valence-electron chi connectivity index (χ4n) is 3.13. The van der Waals surface area contributed by atoms with E-state index in [9.17, 15) is 9.59 Å². The van der Waals surface area contributed by atoms with Gasteiger partial charge in [0.2, 0.25) is 0 Å². The van der Waals surface area contributed by atoms with Crippen LogP contribution in [0.4, 0.5) is 5.69 Å². The maximum atomic E-state index is 12.8. The van der Waals surface area contributed by atoms with Crippen molar-refractivity contribution in [2.45, 2.75) is 32.4 Å². The van der Waals surface area contributed by atoms with E-state index in [1.165, 1.54) is 6.08 Å². The predicted octanol–water partition coefficient (Wildman–Crippen LogP) is 4.26. The van der Waals surface area contributed by atoms with Crippen molar-refractivity contribution in [3.8, 4) is 0 Å². The van der Waals surface area contributed by atoms with Gasteiger partial charge in [-0.25, -0.2) is 4.79 Å². The number of carbonyl (C=O) groups is 2. The number of amides is 1. The SMILES string of the molecule is C[C@@H]1Cc2ccccc2N1C(=O)[C@@H](C)OC(=O)/C=C/c1ccccc1Cl. The molecule has 0 spiro atoms. The van der Waals surface area contributed by atoms with Gasteiger partial charge in [-0.05, 0) is 49.6 Å². The summed E-state index contributed by atoms with van der Waals surface area (Å²) in [4.78, 5) is 26.6. The molecule has 4 nitrogen and oxygen atoms in total. The molecule has 0 saturated heterocycles. The number of benzene rings is 2. The minimum absolute atomic E-state index is 0.0414. The normalized spacial score (nSPS) is 17.2. The van der Waals surface area contributed by atoms with Crippen LogP contribution in [-0.4, -0.2) is 24.0 Å². The summed E-state index contributed by atoms with van der Waals surface area (Å²) in [6.45, 7) is 3.58. The van der Waals surface area contributed by atoms with Crippen LogP contribution in [0.15, 0.2) is 54.6 Å². The molecule has 134 valence electrons. The lowest BCUT2D eigenvalue weighted by molar-refractivity contribution is -0.149. The zero-order chi connectivity index (χ0) is 18.7. The summed E-state index contributed by atoms with van der Waals surface area (Å²) in [6.07, 6.45) is 2.80. The lowest BCUT2D eigenvalue weighted by atomic mass is 10.1. The maximum Gasteiger partial charge on any atom is 0.331 e. The van der Waals surface area contributed by atoms with Crippen LogP contribution in [0.1, 0.15) is 25.0 Å². The molecular weight excluding hydrogens is 350 g/mol. The molecule has 0 unspecified atom stereocenters. The van der Waals surface area contributed by atoms with Gasteiger partial charge in [-0.3, -0.25) is 4.79 Å². The van der Waals surface area contributed by atoms with Gasteiger partial charge < -0.3 is 9.64 Å². The molecule has 0 N–H and O–H groups in total. The molecular formula is C21H20ClNO3. The van der Waals surface area contributed by atoms with Crippen LogP contribution in [-0.2, 0) is 20.7 Å². The van der Waals surface area contributed by atoms with Crippen LogP contribution in [0.2, 0.25) is 5.02 Å². The number of nitrogens with zero attached hydrogens (tertiary/aromatic N) is 1. The Hall–Kier alpha value is -2.59. The maximum absolute atomic E-state index is 12.8. The monoisotopic (exact) mass is 369 g/mol. The second kappa shape index (κ2) is 7.75. The molecule has 2 aromatic carbocycles. The summed E-state index contributed by atoms with van der Waals surface area (Å²) in [5, 5.41) is 0.545. The molecule has 2 aromatic rings. The van der Waals surface area contributed by atoms with Crippen molar-refractivity contribution in [3.63, 3.8) is 0 Å². The number of rotatable bonds is 4. The van der Waals surface area contributed by atoms with Crippen LogP contribution in [0, 0.1) is 0 Å². The summed E-state index contributed by atoms with van der Waals surface area (Å²) in [5.41, 5.74) is 2.73. The van der Waals surface area contributed by atoms with E-state index in [1.54, 1.807) is 30.0 Å². The van der Waals surface area contributed by atoms with Crippen LogP contribution >= 0.6 is 11.6 Å². The van der Waals surface area contributed by atoms with Crippen molar-refractivity contribution in [2.75, 3.05) is 4.90 Å². The molecule has 0 radical (unpaired) electrons. The van der Waals surface area contributed by atoms with Crippen LogP contribution < -0.4 is 4.90 Å². The molecule has 26 heavy (non-hydrogen) atoms. The van der Waals surface area contributed by atoms with E-state index in [0.29, 0.717) is 10.6 Å². The van der Waals surface area contributed by atoms with Crippen molar-refractivity contribution >= 4 is 35.2 Å². The van der Waals surface area contributed by atoms with E-state index >= 15 is 0 Å². The standard InChI is InChI=1S/C21H20ClNO3/c1-14-13-17-8-4-6-10-19(17)23(14)21(25)15(2)26-20(24)12-11-16-7-3-5-9-18(16)22/h3-12,14-15H,13H2,1-2H3/b12-11+/t14-,15-/m1/s1. The van der Waals surface area contributed by atoms with Gasteiger partial charge in [0.25, 0.3) is 5.91 Å². The largest absolute Gasteiger partial charge is 0.449 e. The molecule has 0 aromatic heterocycles. The van der Waals surface area contributed by atoms with Gasteiger partial charge in [0, 0.05) is 22.8 Å². The molecule has 3 rings (SSSR count). The average molecular weight is 370 g/mol. The Morgan fingerprint density at radius 3 is 2.65 bits per heavy atom. The number of hydrogen-bond acceptors (Lipinski definition) is 3. The van der Waals surface area contributed by atoms with Gasteiger partial charge in [-0.2, -0.15) is 0 Å². The van der Waals surface area contributed by atoms with E-state index in [-0.39, 0.29) is 11.9 Å². The summed E-state index contributed by atoms with van der Waals surface area (Å²) in [6, 6.07) is 15.0. The first kappa shape index (κ1) is 18.2. The number of halogens is 1. The fraction of sp³-hybridized carbons (Fsp3) is 0.238. The topological polar surface area (TPSA) is 46.6 Å². The van der Waals surface area contributed by atoms with Gasteiger partial charge >= 0.3 is 5.97 Å². The second-order valence-corrected chi connectivity index (χ2v) is 6.73. The summed E-state index contributed by atoms with van der Waals surface area (Å²) in [7, 11) is 0. The molecule has 1 aliphatic rings. The van der Waals surface area contributed by atoms with Crippen molar-refractivity contribution in [1.82, 2.24) is 0 Å². The van der Waals surface area contributed by atoms with E-state index in [1.807, 2.05) is 43.3 Å². The third kappa shape index (κ3) is 3.81. The number of hydrogen-bond donors (Lipinski definition) is 0. The molecule has 2 atom stereocenters. The highest BCUT2D eigenvalue weighted by Gasteiger charge is 2.34. The molecule has 1 amide bonds. The molecule has 1 aliphatic heterocycles. The smallest absolute Gasteiger partial charge is 0.331 e. The van der Waals surface area contributed by atoms with Gasteiger partial charge in [0.05, 0.1) is 0 Å². The Morgan fingerprint density at radius 1 is 1.19 bits per heavy atom. The zero-order valence-electron chi connectivity index (χ0n) is 14.7. The minimum atomic E-state index is -0.869. The fourth-order valence-corrected chi connectivity index (χ4v) is 3.33. The number of anilines is 1. The van der Waals surface area contributed by atoms with Crippen molar-refractivity contribution in [1.29, 1.82) is 0 Å². The predicted molar refractivity (Wildman–Crippen MR) is 103 cm³/mol. The highest BCUT2D eigenvalue weighted by molar-refractivity contribution is 6.32. The van der Waals surface area contributed by atoms with E-state index < -0.39 is 12.1 Å². The Kier molecular flexibility index (Phi) is 5.43. The Balaban J connectivity index is 1.66. The summed E-state index contributed by atoms with van der Waals surface area (Å²) in [5.74, 6) is -0.798. The van der Waals surface area contributed by atoms with Crippen molar-refractivity contribution in [2.24, 2.45) is 0 Å². The molecule has 0 saturated carbocycles. The Morgan fingerprint density at radius 2 is 1.88 bits per heavy atom. The second-order valence-electron chi connectivity index (χ2n) is 6.32. The average Bonchev–Trinajstić information content (AvgIpc) is 2.96. The van der Waals surface area contributed by atoms with Crippen LogP contribution in [0.5, 0.6) is 0 Å². The van der Waals surface area contributed by atoms with Crippen LogP contribution in [0.25, 0.3) is 6.08 Å².